The van der Waals surface area contributed by atoms with Gasteiger partial charge in [0.2, 0.25) is 15.9 Å². The van der Waals surface area contributed by atoms with E-state index in [1.807, 2.05) is 0 Å². The summed E-state index contributed by atoms with van der Waals surface area (Å²) in [6.07, 6.45) is -0.0906. The van der Waals surface area contributed by atoms with E-state index in [1.54, 1.807) is 0 Å². The Morgan fingerprint density at radius 1 is 1.33 bits per heavy atom. The summed E-state index contributed by atoms with van der Waals surface area (Å²) in [4.78, 5) is 20.6. The van der Waals surface area contributed by atoms with E-state index >= 15 is 0 Å². The van der Waals surface area contributed by atoms with Crippen molar-refractivity contribution in [2.24, 2.45) is 0 Å². The molecule has 3 N–H and O–H groups in total. The number of nitrogens with one attached hydrogen (secondary N) is 2. The van der Waals surface area contributed by atoms with Gasteiger partial charge in [-0.25, -0.2) is 17.5 Å². The molecule has 1 rings (SSSR count). The highest BCUT2D eigenvalue weighted by Crippen LogP contribution is 2.18. The number of amides is 1. The van der Waals surface area contributed by atoms with E-state index in [4.69, 9.17) is 5.11 Å². The van der Waals surface area contributed by atoms with Gasteiger partial charge in [-0.2, -0.15) is 0 Å². The number of hydrogen-bond donors (Lipinski definition) is 3. The minimum atomic E-state index is -4.06. The van der Waals surface area contributed by atoms with Crippen LogP contribution in [0.4, 0.5) is 10.1 Å². The molecule has 0 aromatic heterocycles. The molecule has 0 radical (unpaired) electrons. The first-order chi connectivity index (χ1) is 9.72. The SMILES string of the molecule is CC(=O)Nc1ccc(S(=O)(=O)NCCCC(=O)O)c(F)c1. The fourth-order valence-electron chi connectivity index (χ4n) is 1.52. The van der Waals surface area contributed by atoms with Gasteiger partial charge in [-0.05, 0) is 24.6 Å². The first-order valence-electron chi connectivity index (χ1n) is 6.01. The molecule has 0 aliphatic carbocycles. The smallest absolute Gasteiger partial charge is 0.303 e. The molecule has 9 heteroatoms. The van der Waals surface area contributed by atoms with Gasteiger partial charge in [0, 0.05) is 25.6 Å². The van der Waals surface area contributed by atoms with Crippen LogP contribution in [0.5, 0.6) is 0 Å². The summed E-state index contributed by atoms with van der Waals surface area (Å²) >= 11 is 0. The zero-order chi connectivity index (χ0) is 16.0. The van der Waals surface area contributed by atoms with Crippen LogP contribution in [0, 0.1) is 5.82 Å². The molecule has 116 valence electrons. The highest BCUT2D eigenvalue weighted by molar-refractivity contribution is 7.89. The second-order valence-corrected chi connectivity index (χ2v) is 5.96. The predicted octanol–water partition coefficient (Wildman–Crippen LogP) is 0.927. The van der Waals surface area contributed by atoms with E-state index in [9.17, 15) is 22.4 Å². The molecule has 1 aromatic rings. The Kier molecular flexibility index (Phi) is 5.79. The highest BCUT2D eigenvalue weighted by atomic mass is 32.2. The van der Waals surface area contributed by atoms with E-state index in [-0.39, 0.29) is 25.1 Å². The topological polar surface area (TPSA) is 113 Å². The van der Waals surface area contributed by atoms with Crippen molar-refractivity contribution < 1.29 is 27.5 Å². The zero-order valence-electron chi connectivity index (χ0n) is 11.2. The molecule has 7 nitrogen and oxygen atoms in total. The standard InChI is InChI=1S/C12H15FN2O5S/c1-8(16)15-9-4-5-11(10(13)7-9)21(19,20)14-6-2-3-12(17)18/h4-5,7,14H,2-3,6H2,1H3,(H,15,16)(H,17,18). The summed E-state index contributed by atoms with van der Waals surface area (Å²) in [5, 5.41) is 10.8. The molecule has 0 fully saturated rings. The summed E-state index contributed by atoms with van der Waals surface area (Å²) in [6.45, 7) is 1.13. The second kappa shape index (κ2) is 7.14. The summed E-state index contributed by atoms with van der Waals surface area (Å²) < 4.78 is 39.6. The Morgan fingerprint density at radius 2 is 2.00 bits per heavy atom. The number of carbonyl (C=O) groups excluding carboxylic acids is 1. The first kappa shape index (κ1) is 17.1. The molecule has 0 aliphatic rings. The minimum absolute atomic E-state index is 0.0974. The van der Waals surface area contributed by atoms with Crippen LogP contribution in [0.25, 0.3) is 0 Å². The van der Waals surface area contributed by atoms with Crippen LogP contribution in [0.1, 0.15) is 19.8 Å². The molecule has 0 saturated carbocycles. The van der Waals surface area contributed by atoms with E-state index < -0.39 is 32.6 Å². The lowest BCUT2D eigenvalue weighted by Crippen LogP contribution is -2.26. The monoisotopic (exact) mass is 318 g/mol. The number of aliphatic carboxylic acids is 1. The summed E-state index contributed by atoms with van der Waals surface area (Å²) in [5.41, 5.74) is 0.143. The molecule has 0 atom stereocenters. The van der Waals surface area contributed by atoms with Crippen molar-refractivity contribution in [3.63, 3.8) is 0 Å². The number of sulfonamides is 1. The average molecular weight is 318 g/mol. The van der Waals surface area contributed by atoms with E-state index in [1.165, 1.54) is 13.0 Å². The third-order valence-corrected chi connectivity index (χ3v) is 3.90. The molecule has 0 heterocycles. The fourth-order valence-corrected chi connectivity index (χ4v) is 2.66. The molecule has 0 spiro atoms. The molecule has 1 aromatic carbocycles. The summed E-state index contributed by atoms with van der Waals surface area (Å²) in [6, 6.07) is 3.18. The summed E-state index contributed by atoms with van der Waals surface area (Å²) in [7, 11) is -4.06. The van der Waals surface area contributed by atoms with Crippen LogP contribution < -0.4 is 10.0 Å². The van der Waals surface area contributed by atoms with Gasteiger partial charge in [0.25, 0.3) is 0 Å². The van der Waals surface area contributed by atoms with E-state index in [2.05, 4.69) is 10.0 Å². The number of halogens is 1. The van der Waals surface area contributed by atoms with Gasteiger partial charge in [-0.1, -0.05) is 0 Å². The number of hydrogen-bond acceptors (Lipinski definition) is 4. The molecular weight excluding hydrogens is 303 g/mol. The maximum absolute atomic E-state index is 13.8. The van der Waals surface area contributed by atoms with Crippen LogP contribution >= 0.6 is 0 Å². The van der Waals surface area contributed by atoms with Crippen molar-refractivity contribution >= 4 is 27.6 Å². The number of rotatable bonds is 7. The van der Waals surface area contributed by atoms with Crippen molar-refractivity contribution in [2.75, 3.05) is 11.9 Å². The Balaban J connectivity index is 2.79. The van der Waals surface area contributed by atoms with Crippen LogP contribution in [-0.4, -0.2) is 31.9 Å². The molecule has 0 bridgehead atoms. The number of carboxylic acids is 1. The van der Waals surface area contributed by atoms with Gasteiger partial charge >= 0.3 is 5.97 Å². The van der Waals surface area contributed by atoms with Crippen LogP contribution in [0.3, 0.4) is 0 Å². The number of carbonyl (C=O) groups is 2. The largest absolute Gasteiger partial charge is 0.481 e. The fraction of sp³-hybridized carbons (Fsp3) is 0.333. The molecule has 0 unspecified atom stereocenters. The van der Waals surface area contributed by atoms with Crippen molar-refractivity contribution in [1.82, 2.24) is 4.72 Å². The third kappa shape index (κ3) is 5.48. The zero-order valence-corrected chi connectivity index (χ0v) is 12.0. The summed E-state index contributed by atoms with van der Waals surface area (Å²) in [5.74, 6) is -2.45. The Bertz CT molecular complexity index is 645. The van der Waals surface area contributed by atoms with Gasteiger partial charge in [-0.3, -0.25) is 9.59 Å². The molecule has 1 amide bonds. The normalized spacial score (nSPS) is 11.1. The lowest BCUT2D eigenvalue weighted by atomic mass is 10.3. The predicted molar refractivity (Wildman–Crippen MR) is 72.8 cm³/mol. The Hall–Kier alpha value is -2.00. The number of anilines is 1. The maximum Gasteiger partial charge on any atom is 0.303 e. The molecule has 21 heavy (non-hydrogen) atoms. The van der Waals surface area contributed by atoms with Crippen molar-refractivity contribution in [3.05, 3.63) is 24.0 Å². The molecule has 0 aliphatic heterocycles. The van der Waals surface area contributed by atoms with E-state index in [0.29, 0.717) is 0 Å². The minimum Gasteiger partial charge on any atom is -0.481 e. The van der Waals surface area contributed by atoms with Gasteiger partial charge < -0.3 is 10.4 Å². The molecular formula is C12H15FN2O5S. The van der Waals surface area contributed by atoms with Crippen LogP contribution in [0.15, 0.2) is 23.1 Å². The first-order valence-corrected chi connectivity index (χ1v) is 7.49. The van der Waals surface area contributed by atoms with Crippen LogP contribution in [0.2, 0.25) is 0 Å². The Labute approximate surface area is 121 Å². The van der Waals surface area contributed by atoms with Crippen LogP contribution in [-0.2, 0) is 19.6 Å². The van der Waals surface area contributed by atoms with Crippen molar-refractivity contribution in [1.29, 1.82) is 0 Å². The third-order valence-electron chi connectivity index (χ3n) is 2.40. The second-order valence-electron chi connectivity index (χ2n) is 4.22. The Morgan fingerprint density at radius 3 is 2.52 bits per heavy atom. The maximum atomic E-state index is 13.8. The van der Waals surface area contributed by atoms with Gasteiger partial charge in [0.1, 0.15) is 10.7 Å². The van der Waals surface area contributed by atoms with Crippen molar-refractivity contribution in [2.45, 2.75) is 24.7 Å². The average Bonchev–Trinajstić information content (AvgIpc) is 2.33. The number of benzene rings is 1. The lowest BCUT2D eigenvalue weighted by Gasteiger charge is -2.09. The number of carboxylic acid groups (broad SMARTS) is 1. The lowest BCUT2D eigenvalue weighted by molar-refractivity contribution is -0.137. The van der Waals surface area contributed by atoms with E-state index in [0.717, 1.165) is 12.1 Å². The van der Waals surface area contributed by atoms with Gasteiger partial charge in [-0.15, -0.1) is 0 Å². The van der Waals surface area contributed by atoms with Gasteiger partial charge in [0.15, 0.2) is 0 Å². The highest BCUT2D eigenvalue weighted by Gasteiger charge is 2.19. The van der Waals surface area contributed by atoms with Gasteiger partial charge in [0.05, 0.1) is 0 Å². The van der Waals surface area contributed by atoms with Crippen molar-refractivity contribution in [3.8, 4) is 0 Å². The quantitative estimate of drug-likeness (QED) is 0.647. The molecule has 0 saturated heterocycles.